The van der Waals surface area contributed by atoms with Crippen LogP contribution in [0.5, 0.6) is 0 Å². The quantitative estimate of drug-likeness (QED) is 0.869. The van der Waals surface area contributed by atoms with E-state index in [0.717, 1.165) is 24.0 Å². The van der Waals surface area contributed by atoms with E-state index in [0.29, 0.717) is 22.5 Å². The van der Waals surface area contributed by atoms with E-state index in [2.05, 4.69) is 15.2 Å². The van der Waals surface area contributed by atoms with Gasteiger partial charge in [-0.2, -0.15) is 23.5 Å². The van der Waals surface area contributed by atoms with Gasteiger partial charge in [-0.25, -0.2) is 4.98 Å². The number of thioether (sulfide) groups is 2. The van der Waals surface area contributed by atoms with E-state index in [-0.39, 0.29) is 5.91 Å². The minimum Gasteiger partial charge on any atom is -0.382 e. The Bertz CT molecular complexity index is 496. The first-order valence-electron chi connectivity index (χ1n) is 7.23. The first-order valence-corrected chi connectivity index (χ1v) is 10.2. The van der Waals surface area contributed by atoms with Crippen LogP contribution in [0.3, 0.4) is 0 Å². The number of thiazole rings is 1. The highest BCUT2D eigenvalue weighted by Gasteiger charge is 2.22. The molecule has 1 amide bonds. The molecule has 0 radical (unpaired) electrons. The molecule has 1 aromatic heterocycles. The third kappa shape index (κ3) is 3.78. The first-order chi connectivity index (χ1) is 10.2. The normalized spacial score (nSPS) is 22.5. The Morgan fingerprint density at radius 1 is 1.38 bits per heavy atom. The summed E-state index contributed by atoms with van der Waals surface area (Å²) in [6.07, 6.45) is 2.38. The average molecular weight is 345 g/mol. The van der Waals surface area contributed by atoms with Crippen LogP contribution in [0, 0.1) is 0 Å². The van der Waals surface area contributed by atoms with E-state index < -0.39 is 0 Å². The number of amides is 1. The zero-order valence-corrected chi connectivity index (χ0v) is 14.3. The van der Waals surface area contributed by atoms with Gasteiger partial charge >= 0.3 is 0 Å². The summed E-state index contributed by atoms with van der Waals surface area (Å²) < 4.78 is 0. The fraction of sp³-hybridized carbons (Fsp3) is 0.692. The molecule has 2 fully saturated rings. The largest absolute Gasteiger partial charge is 0.382 e. The maximum Gasteiger partial charge on any atom is 0.265 e. The van der Waals surface area contributed by atoms with Crippen molar-refractivity contribution in [1.29, 1.82) is 0 Å². The molecule has 3 heterocycles. The monoisotopic (exact) mass is 344 g/mol. The van der Waals surface area contributed by atoms with Gasteiger partial charge in [-0.15, -0.1) is 0 Å². The molecule has 0 aliphatic carbocycles. The van der Waals surface area contributed by atoms with Crippen molar-refractivity contribution in [3.05, 3.63) is 4.88 Å². The second-order valence-corrected chi connectivity index (χ2v) is 8.72. The summed E-state index contributed by atoms with van der Waals surface area (Å²) in [6, 6.07) is 0. The fourth-order valence-electron chi connectivity index (χ4n) is 2.47. The van der Waals surface area contributed by atoms with E-state index in [1.807, 2.05) is 23.5 Å². The van der Waals surface area contributed by atoms with Gasteiger partial charge < -0.3 is 16.0 Å². The maximum atomic E-state index is 12.3. The zero-order chi connectivity index (χ0) is 14.7. The summed E-state index contributed by atoms with van der Waals surface area (Å²) in [5, 5.41) is 4.41. The number of nitrogens with one attached hydrogen (secondary N) is 1. The predicted molar refractivity (Wildman–Crippen MR) is 93.9 cm³/mol. The number of carbonyl (C=O) groups is 1. The van der Waals surface area contributed by atoms with Crippen molar-refractivity contribution >= 4 is 51.7 Å². The molecule has 0 aromatic carbocycles. The van der Waals surface area contributed by atoms with Crippen molar-refractivity contribution in [1.82, 2.24) is 10.3 Å². The number of carbonyl (C=O) groups excluding carboxylic acids is 1. The lowest BCUT2D eigenvalue weighted by molar-refractivity contribution is 0.0959. The van der Waals surface area contributed by atoms with Crippen molar-refractivity contribution in [3.63, 3.8) is 0 Å². The summed E-state index contributed by atoms with van der Waals surface area (Å²) in [5.74, 6) is 3.79. The summed E-state index contributed by atoms with van der Waals surface area (Å²) in [4.78, 5) is 19.4. The molecule has 2 aliphatic heterocycles. The van der Waals surface area contributed by atoms with Gasteiger partial charge in [0.2, 0.25) is 0 Å². The van der Waals surface area contributed by atoms with Gasteiger partial charge in [-0.05, 0) is 12.8 Å². The van der Waals surface area contributed by atoms with Crippen LogP contribution < -0.4 is 16.0 Å². The Morgan fingerprint density at radius 3 is 2.90 bits per heavy atom. The molecule has 21 heavy (non-hydrogen) atoms. The van der Waals surface area contributed by atoms with Crippen molar-refractivity contribution in [2.75, 3.05) is 47.5 Å². The van der Waals surface area contributed by atoms with Gasteiger partial charge in [0.05, 0.1) is 0 Å². The van der Waals surface area contributed by atoms with Crippen molar-refractivity contribution in [2.45, 2.75) is 18.1 Å². The average Bonchev–Trinajstić information content (AvgIpc) is 3.15. The number of nitrogens with zero attached hydrogens (tertiary/aromatic N) is 2. The van der Waals surface area contributed by atoms with E-state index >= 15 is 0 Å². The molecule has 2 saturated heterocycles. The van der Waals surface area contributed by atoms with Crippen LogP contribution >= 0.6 is 34.9 Å². The Hall–Kier alpha value is -0.600. The van der Waals surface area contributed by atoms with E-state index in [1.54, 1.807) is 0 Å². The van der Waals surface area contributed by atoms with Gasteiger partial charge in [-0.3, -0.25) is 4.79 Å². The summed E-state index contributed by atoms with van der Waals surface area (Å²) in [6.45, 7) is 2.75. The molecule has 116 valence electrons. The molecule has 3 N–H and O–H groups in total. The fourth-order valence-corrected chi connectivity index (χ4v) is 6.03. The molecule has 5 nitrogen and oxygen atoms in total. The minimum absolute atomic E-state index is 0.0772. The Kier molecular flexibility index (Phi) is 5.18. The van der Waals surface area contributed by atoms with Crippen molar-refractivity contribution in [3.8, 4) is 0 Å². The summed E-state index contributed by atoms with van der Waals surface area (Å²) in [7, 11) is 0. The Morgan fingerprint density at radius 2 is 2.19 bits per heavy atom. The Balaban J connectivity index is 1.58. The van der Waals surface area contributed by atoms with Crippen molar-refractivity contribution in [2.24, 2.45) is 0 Å². The molecule has 0 bridgehead atoms. The van der Waals surface area contributed by atoms with Gasteiger partial charge in [0.15, 0.2) is 5.13 Å². The van der Waals surface area contributed by atoms with Crippen LogP contribution in [-0.2, 0) is 0 Å². The zero-order valence-electron chi connectivity index (χ0n) is 11.8. The lowest BCUT2D eigenvalue weighted by atomic mass is 10.4. The van der Waals surface area contributed by atoms with Crippen LogP contribution in [0.2, 0.25) is 0 Å². The number of nitrogens with two attached hydrogens (primary N) is 1. The van der Waals surface area contributed by atoms with Crippen molar-refractivity contribution < 1.29 is 4.79 Å². The van der Waals surface area contributed by atoms with Gasteiger partial charge in [0.25, 0.3) is 5.91 Å². The number of hydrogen-bond acceptors (Lipinski definition) is 7. The molecular formula is C13H20N4OS3. The molecule has 0 saturated carbocycles. The third-order valence-electron chi connectivity index (χ3n) is 3.60. The highest BCUT2D eigenvalue weighted by molar-refractivity contribution is 8.06. The summed E-state index contributed by atoms with van der Waals surface area (Å²) in [5.41, 5.74) is 5.92. The molecule has 8 heteroatoms. The van der Waals surface area contributed by atoms with Gasteiger partial charge in [0, 0.05) is 42.1 Å². The number of anilines is 2. The molecule has 1 unspecified atom stereocenters. The molecule has 1 atom stereocenters. The standard InChI is InChI=1S/C13H20N4OS3/c14-11-10(21-13(16-11)17-3-1-2-4-17)12(18)15-7-9-8-19-5-6-20-9/h9H,1-8,14H2,(H,15,18). The second-order valence-electron chi connectivity index (χ2n) is 5.18. The maximum absolute atomic E-state index is 12.3. The second kappa shape index (κ2) is 7.11. The van der Waals surface area contributed by atoms with Crippen LogP contribution in [0.25, 0.3) is 0 Å². The molecule has 0 spiro atoms. The number of hydrogen-bond donors (Lipinski definition) is 2. The first kappa shape index (κ1) is 15.3. The van der Waals surface area contributed by atoms with Crippen LogP contribution in [0.1, 0.15) is 22.5 Å². The van der Waals surface area contributed by atoms with E-state index in [1.165, 1.54) is 35.7 Å². The van der Waals surface area contributed by atoms with Crippen LogP contribution in [0.4, 0.5) is 10.9 Å². The lowest BCUT2D eigenvalue weighted by Crippen LogP contribution is -2.33. The highest BCUT2D eigenvalue weighted by Crippen LogP contribution is 2.30. The predicted octanol–water partition coefficient (Wildman–Crippen LogP) is 1.90. The lowest BCUT2D eigenvalue weighted by Gasteiger charge is -2.20. The third-order valence-corrected chi connectivity index (χ3v) is 7.58. The van der Waals surface area contributed by atoms with Crippen LogP contribution in [0.15, 0.2) is 0 Å². The SMILES string of the molecule is Nc1nc(N2CCCC2)sc1C(=O)NCC1CSCCS1. The number of rotatable bonds is 4. The summed E-state index contributed by atoms with van der Waals surface area (Å²) >= 11 is 5.32. The van der Waals surface area contributed by atoms with E-state index in [9.17, 15) is 4.79 Å². The number of aromatic nitrogens is 1. The molecular weight excluding hydrogens is 324 g/mol. The highest BCUT2D eigenvalue weighted by atomic mass is 32.2. The minimum atomic E-state index is -0.0772. The smallest absolute Gasteiger partial charge is 0.265 e. The molecule has 2 aliphatic rings. The molecule has 1 aromatic rings. The topological polar surface area (TPSA) is 71.2 Å². The molecule has 3 rings (SSSR count). The Labute approximate surface area is 137 Å². The van der Waals surface area contributed by atoms with E-state index in [4.69, 9.17) is 5.73 Å². The van der Waals surface area contributed by atoms with Gasteiger partial charge in [0.1, 0.15) is 10.7 Å². The number of nitrogen functional groups attached to an aromatic ring is 1. The van der Waals surface area contributed by atoms with Crippen LogP contribution in [-0.4, -0.2) is 53.0 Å². The van der Waals surface area contributed by atoms with Gasteiger partial charge in [-0.1, -0.05) is 11.3 Å².